The van der Waals surface area contributed by atoms with Crippen LogP contribution in [0.15, 0.2) is 71.8 Å². The molecule has 0 aliphatic carbocycles. The number of hydrogen-bond donors (Lipinski definition) is 0. The average molecular weight is 409 g/mol. The van der Waals surface area contributed by atoms with Gasteiger partial charge in [0.15, 0.2) is 11.5 Å². The fourth-order valence-electron chi connectivity index (χ4n) is 4.37. The number of para-hydroxylation sites is 1. The van der Waals surface area contributed by atoms with Crippen LogP contribution in [0.4, 0.5) is 0 Å². The smallest absolute Gasteiger partial charge is 0.213 e. The second-order valence-corrected chi connectivity index (χ2v) is 7.75. The van der Waals surface area contributed by atoms with Gasteiger partial charge in [-0.25, -0.2) is 5.01 Å². The molecule has 0 aromatic heterocycles. The van der Waals surface area contributed by atoms with Crippen molar-refractivity contribution in [1.29, 1.82) is 5.26 Å². The third-order valence-electron chi connectivity index (χ3n) is 5.90. The van der Waals surface area contributed by atoms with E-state index < -0.39 is 0 Å². The van der Waals surface area contributed by atoms with Gasteiger partial charge < -0.3 is 14.2 Å². The maximum atomic E-state index is 9.13. The molecular weight excluding hydrogens is 390 g/mol. The van der Waals surface area contributed by atoms with E-state index in [9.17, 15) is 0 Å². The second-order valence-electron chi connectivity index (χ2n) is 7.75. The van der Waals surface area contributed by atoms with Crippen molar-refractivity contribution in [2.75, 3.05) is 13.2 Å². The summed E-state index contributed by atoms with van der Waals surface area (Å²) in [7, 11) is 0. The van der Waals surface area contributed by atoms with Crippen LogP contribution < -0.4 is 14.2 Å². The summed E-state index contributed by atoms with van der Waals surface area (Å²) in [6.45, 7) is 1.13. The van der Waals surface area contributed by atoms with Crippen molar-refractivity contribution >= 4 is 5.71 Å². The fourth-order valence-corrected chi connectivity index (χ4v) is 4.37. The lowest BCUT2D eigenvalue weighted by Gasteiger charge is -2.38. The number of hydrazone groups is 1. The summed E-state index contributed by atoms with van der Waals surface area (Å²) in [5.74, 6) is 2.41. The summed E-state index contributed by atoms with van der Waals surface area (Å²) < 4.78 is 17.8. The molecule has 0 amide bonds. The van der Waals surface area contributed by atoms with Crippen molar-refractivity contribution < 1.29 is 14.2 Å². The van der Waals surface area contributed by atoms with Crippen LogP contribution in [-0.4, -0.2) is 23.9 Å². The van der Waals surface area contributed by atoms with Gasteiger partial charge in [0.25, 0.3) is 0 Å². The first kappa shape index (κ1) is 17.8. The Kier molecular flexibility index (Phi) is 4.07. The number of nitriles is 1. The Bertz CT molecular complexity index is 1230. The normalized spacial score (nSPS) is 20.7. The largest absolute Gasteiger partial charge is 0.486 e. The zero-order valence-corrected chi connectivity index (χ0v) is 16.7. The van der Waals surface area contributed by atoms with Crippen LogP contribution in [-0.2, 0) is 0 Å². The highest BCUT2D eigenvalue weighted by Crippen LogP contribution is 2.47. The topological polar surface area (TPSA) is 67.1 Å². The molecule has 152 valence electrons. The maximum absolute atomic E-state index is 9.13. The number of hydrogen-bond acceptors (Lipinski definition) is 6. The molecule has 0 fully saturated rings. The van der Waals surface area contributed by atoms with Gasteiger partial charge in [-0.05, 0) is 36.4 Å². The Morgan fingerprint density at radius 1 is 0.903 bits per heavy atom. The molecule has 0 saturated carbocycles. The molecule has 3 aliphatic heterocycles. The van der Waals surface area contributed by atoms with E-state index in [1.165, 1.54) is 0 Å². The molecule has 6 rings (SSSR count). The Balaban J connectivity index is 1.40. The number of ether oxygens (including phenoxy) is 3. The lowest BCUT2D eigenvalue weighted by molar-refractivity contribution is -0.0190. The van der Waals surface area contributed by atoms with Gasteiger partial charge in [-0.2, -0.15) is 10.4 Å². The summed E-state index contributed by atoms with van der Waals surface area (Å²) in [4.78, 5) is 0. The van der Waals surface area contributed by atoms with Crippen molar-refractivity contribution in [3.05, 3.63) is 89.0 Å². The van der Waals surface area contributed by atoms with Gasteiger partial charge in [-0.3, -0.25) is 0 Å². The van der Waals surface area contributed by atoms with Gasteiger partial charge in [0.1, 0.15) is 19.0 Å². The summed E-state index contributed by atoms with van der Waals surface area (Å²) in [5, 5.41) is 16.2. The minimum atomic E-state index is -0.359. The quantitative estimate of drug-likeness (QED) is 0.620. The molecule has 2 atom stereocenters. The highest BCUT2D eigenvalue weighted by Gasteiger charge is 2.41. The minimum Gasteiger partial charge on any atom is -0.486 e. The van der Waals surface area contributed by atoms with E-state index in [0.717, 1.165) is 46.1 Å². The predicted octanol–water partition coefficient (Wildman–Crippen LogP) is 4.57. The van der Waals surface area contributed by atoms with Crippen LogP contribution in [0.5, 0.6) is 17.2 Å². The SMILES string of the molecule is N#Cc1ccc([C@@H]2Oc3ccccc3[C@H]3CC(c4ccc5c(c4)OCCO5)=NN32)cc1. The van der Waals surface area contributed by atoms with Crippen LogP contribution in [0.2, 0.25) is 0 Å². The van der Waals surface area contributed by atoms with E-state index in [2.05, 4.69) is 12.1 Å². The van der Waals surface area contributed by atoms with E-state index >= 15 is 0 Å². The highest BCUT2D eigenvalue weighted by molar-refractivity contribution is 6.02. The monoisotopic (exact) mass is 409 g/mol. The van der Waals surface area contributed by atoms with Crippen molar-refractivity contribution in [2.24, 2.45) is 5.10 Å². The lowest BCUT2D eigenvalue weighted by atomic mass is 9.95. The number of benzene rings is 3. The van der Waals surface area contributed by atoms with Gasteiger partial charge in [-0.1, -0.05) is 30.3 Å². The Morgan fingerprint density at radius 3 is 2.55 bits per heavy atom. The molecule has 3 aliphatic rings. The Labute approximate surface area is 179 Å². The molecule has 3 aromatic carbocycles. The summed E-state index contributed by atoms with van der Waals surface area (Å²) in [6, 6.07) is 23.9. The lowest BCUT2D eigenvalue weighted by Crippen LogP contribution is -2.33. The molecule has 6 nitrogen and oxygen atoms in total. The Hall–Kier alpha value is -3.98. The molecule has 0 N–H and O–H groups in total. The van der Waals surface area contributed by atoms with Crippen LogP contribution in [0.3, 0.4) is 0 Å². The molecule has 0 unspecified atom stereocenters. The van der Waals surface area contributed by atoms with Crippen molar-refractivity contribution in [2.45, 2.75) is 18.7 Å². The average Bonchev–Trinajstić information content (AvgIpc) is 3.29. The van der Waals surface area contributed by atoms with Crippen LogP contribution in [0.25, 0.3) is 0 Å². The van der Waals surface area contributed by atoms with E-state index in [4.69, 9.17) is 24.6 Å². The first-order valence-electron chi connectivity index (χ1n) is 10.3. The molecule has 0 bridgehead atoms. The molecule has 31 heavy (non-hydrogen) atoms. The zero-order valence-electron chi connectivity index (χ0n) is 16.7. The molecule has 0 radical (unpaired) electrons. The van der Waals surface area contributed by atoms with Crippen LogP contribution in [0.1, 0.15) is 40.9 Å². The molecule has 6 heteroatoms. The summed E-state index contributed by atoms with van der Waals surface area (Å²) >= 11 is 0. The van der Waals surface area contributed by atoms with Crippen molar-refractivity contribution in [1.82, 2.24) is 5.01 Å². The van der Waals surface area contributed by atoms with Gasteiger partial charge in [0.2, 0.25) is 6.23 Å². The molecule has 0 spiro atoms. The highest BCUT2D eigenvalue weighted by atomic mass is 16.6. The molecule has 0 saturated heterocycles. The number of fused-ring (bicyclic) bond motifs is 4. The van der Waals surface area contributed by atoms with Crippen LogP contribution in [0, 0.1) is 11.3 Å². The van der Waals surface area contributed by atoms with Gasteiger partial charge >= 0.3 is 0 Å². The van der Waals surface area contributed by atoms with E-state index in [1.807, 2.05) is 65.7 Å². The standard InChI is InChI=1S/C25H19N3O3/c26-15-16-5-7-17(8-6-16)25-28-21(19-3-1-2-4-22(19)31-25)14-20(27-28)18-9-10-23-24(13-18)30-12-11-29-23/h1-10,13,21,25H,11-12,14H2/t21-,25+/m1/s1. The first-order chi connectivity index (χ1) is 15.3. The third-order valence-corrected chi connectivity index (χ3v) is 5.90. The molecular formula is C25H19N3O3. The Morgan fingerprint density at radius 2 is 1.71 bits per heavy atom. The van der Waals surface area contributed by atoms with Crippen molar-refractivity contribution in [3.8, 4) is 23.3 Å². The van der Waals surface area contributed by atoms with Gasteiger partial charge in [0.05, 0.1) is 23.4 Å². The van der Waals surface area contributed by atoms with Gasteiger partial charge in [0, 0.05) is 23.1 Å². The van der Waals surface area contributed by atoms with E-state index in [-0.39, 0.29) is 12.3 Å². The second kappa shape index (κ2) is 7.06. The van der Waals surface area contributed by atoms with Crippen LogP contribution >= 0.6 is 0 Å². The van der Waals surface area contributed by atoms with Crippen molar-refractivity contribution in [3.63, 3.8) is 0 Å². The predicted molar refractivity (Wildman–Crippen MR) is 114 cm³/mol. The molecule has 3 aromatic rings. The number of nitrogens with zero attached hydrogens (tertiary/aromatic N) is 3. The summed E-state index contributed by atoms with van der Waals surface area (Å²) in [6.07, 6.45) is 0.412. The molecule has 3 heterocycles. The first-order valence-corrected chi connectivity index (χ1v) is 10.3. The third kappa shape index (κ3) is 2.98. The van der Waals surface area contributed by atoms with E-state index in [0.29, 0.717) is 18.8 Å². The summed E-state index contributed by atoms with van der Waals surface area (Å²) in [5.41, 5.74) is 4.73. The maximum Gasteiger partial charge on any atom is 0.213 e. The number of rotatable bonds is 2. The fraction of sp³-hybridized carbons (Fsp3) is 0.200. The minimum absolute atomic E-state index is 0.0776. The van der Waals surface area contributed by atoms with E-state index in [1.54, 1.807) is 0 Å². The van der Waals surface area contributed by atoms with Gasteiger partial charge in [-0.15, -0.1) is 0 Å². The zero-order chi connectivity index (χ0) is 20.8.